The number of aliphatic hydroxyl groups is 1. The molecule has 6 heteroatoms. The van der Waals surface area contributed by atoms with Gasteiger partial charge in [-0.25, -0.2) is 8.42 Å². The van der Waals surface area contributed by atoms with Crippen molar-refractivity contribution in [1.82, 2.24) is 0 Å². The van der Waals surface area contributed by atoms with Gasteiger partial charge in [0.25, 0.3) is 0 Å². The second kappa shape index (κ2) is 19.2. The van der Waals surface area contributed by atoms with Crippen LogP contribution in [0.2, 0.25) is 0 Å². The number of aliphatic hydroxyl groups excluding tert-OH is 1. The Hall–Kier alpha value is 0.870. The predicted octanol–water partition coefficient (Wildman–Crippen LogP) is 2.55. The van der Waals surface area contributed by atoms with Gasteiger partial charge in [-0.3, -0.25) is 0 Å². The standard InChI is InChI=1S/C20H42O4S.Na/c1-3-5-7-8-9-10-12-15-19(21)16-13-14-18-20(25(22,23)24)17-11-6-4-2;/h19-21H,3-18H2,1-2H3,(H,22,23,24);/q;+1/p-1. The summed E-state index contributed by atoms with van der Waals surface area (Å²) in [5, 5.41) is 9.27. The van der Waals surface area contributed by atoms with Crippen molar-refractivity contribution >= 4 is 10.1 Å². The molecule has 2 unspecified atom stereocenters. The van der Waals surface area contributed by atoms with Crippen LogP contribution in [0.4, 0.5) is 0 Å². The maximum absolute atomic E-state index is 11.3. The molecular weight excluding hydrogens is 359 g/mol. The van der Waals surface area contributed by atoms with Gasteiger partial charge in [0.2, 0.25) is 0 Å². The normalized spacial score (nSPS) is 14.0. The summed E-state index contributed by atoms with van der Waals surface area (Å²) in [5.74, 6) is 0. The molecule has 0 radical (unpaired) electrons. The van der Waals surface area contributed by atoms with E-state index in [0.717, 1.165) is 44.9 Å². The van der Waals surface area contributed by atoms with Crippen molar-refractivity contribution < 1.29 is 47.6 Å². The number of hydrogen-bond donors (Lipinski definition) is 1. The van der Waals surface area contributed by atoms with Crippen LogP contribution in [0, 0.1) is 0 Å². The van der Waals surface area contributed by atoms with Crippen LogP contribution in [0.5, 0.6) is 0 Å². The van der Waals surface area contributed by atoms with Crippen molar-refractivity contribution in [2.45, 2.75) is 128 Å². The summed E-state index contributed by atoms with van der Waals surface area (Å²) in [6.07, 6.45) is 15.3. The van der Waals surface area contributed by atoms with E-state index in [2.05, 4.69) is 13.8 Å². The third-order valence-corrected chi connectivity index (χ3v) is 6.28. The van der Waals surface area contributed by atoms with Gasteiger partial charge >= 0.3 is 29.6 Å². The van der Waals surface area contributed by atoms with Gasteiger partial charge in [0.05, 0.1) is 16.2 Å². The molecule has 0 aromatic carbocycles. The average Bonchev–Trinajstić information content (AvgIpc) is 2.55. The first-order valence-electron chi connectivity index (χ1n) is 10.5. The third-order valence-electron chi connectivity index (χ3n) is 4.99. The van der Waals surface area contributed by atoms with Crippen LogP contribution in [0.15, 0.2) is 0 Å². The van der Waals surface area contributed by atoms with Gasteiger partial charge in [0.15, 0.2) is 0 Å². The number of unbranched alkanes of at least 4 members (excludes halogenated alkanes) is 9. The van der Waals surface area contributed by atoms with E-state index in [-0.39, 0.29) is 35.7 Å². The molecule has 0 saturated heterocycles. The molecule has 0 spiro atoms. The number of hydrogen-bond acceptors (Lipinski definition) is 4. The molecule has 0 aromatic rings. The van der Waals surface area contributed by atoms with Gasteiger partial charge in [0.1, 0.15) is 0 Å². The molecule has 26 heavy (non-hydrogen) atoms. The van der Waals surface area contributed by atoms with Gasteiger partial charge in [-0.2, -0.15) is 0 Å². The molecule has 0 aromatic heterocycles. The van der Waals surface area contributed by atoms with E-state index < -0.39 is 15.4 Å². The van der Waals surface area contributed by atoms with Crippen LogP contribution in [0.1, 0.15) is 117 Å². The fourth-order valence-electron chi connectivity index (χ4n) is 3.29. The summed E-state index contributed by atoms with van der Waals surface area (Å²) in [4.78, 5) is 0. The maximum atomic E-state index is 11.3. The monoisotopic (exact) mass is 400 g/mol. The molecule has 0 bridgehead atoms. The fraction of sp³-hybridized carbons (Fsp3) is 1.00. The molecule has 0 heterocycles. The molecule has 2 atom stereocenters. The minimum Gasteiger partial charge on any atom is -0.748 e. The summed E-state index contributed by atoms with van der Waals surface area (Å²) in [7, 11) is -4.19. The summed E-state index contributed by atoms with van der Waals surface area (Å²) in [6.45, 7) is 4.28. The summed E-state index contributed by atoms with van der Waals surface area (Å²) < 4.78 is 34.0. The Morgan fingerprint density at radius 3 is 1.54 bits per heavy atom. The second-order valence-corrected chi connectivity index (χ2v) is 9.11. The smallest absolute Gasteiger partial charge is 0.748 e. The topological polar surface area (TPSA) is 77.4 Å². The predicted molar refractivity (Wildman–Crippen MR) is 105 cm³/mol. The molecule has 0 fully saturated rings. The van der Waals surface area contributed by atoms with Gasteiger partial charge in [-0.1, -0.05) is 90.9 Å². The van der Waals surface area contributed by atoms with E-state index in [1.165, 1.54) is 38.5 Å². The van der Waals surface area contributed by atoms with Crippen molar-refractivity contribution in [3.63, 3.8) is 0 Å². The van der Waals surface area contributed by atoms with E-state index in [4.69, 9.17) is 0 Å². The van der Waals surface area contributed by atoms with E-state index in [9.17, 15) is 18.1 Å². The quantitative estimate of drug-likeness (QED) is 0.218. The molecule has 1 N–H and O–H groups in total. The Kier molecular flexibility index (Phi) is 21.5. The first-order valence-corrected chi connectivity index (χ1v) is 12.0. The van der Waals surface area contributed by atoms with E-state index in [1.807, 2.05) is 0 Å². The fourth-order valence-corrected chi connectivity index (χ4v) is 4.20. The Labute approximate surface area is 185 Å². The molecule has 4 nitrogen and oxygen atoms in total. The Balaban J connectivity index is 0. The average molecular weight is 401 g/mol. The zero-order valence-corrected chi connectivity index (χ0v) is 20.4. The van der Waals surface area contributed by atoms with E-state index >= 15 is 0 Å². The minimum absolute atomic E-state index is 0. The van der Waals surface area contributed by atoms with Gasteiger partial charge in [-0.05, 0) is 25.7 Å². The molecule has 0 aliphatic rings. The zero-order chi connectivity index (χ0) is 19.0. The largest absolute Gasteiger partial charge is 1.00 e. The number of rotatable bonds is 18. The van der Waals surface area contributed by atoms with Crippen LogP contribution in [-0.2, 0) is 10.1 Å². The van der Waals surface area contributed by atoms with Gasteiger partial charge in [0, 0.05) is 5.25 Å². The first-order chi connectivity index (χ1) is 11.9. The van der Waals surface area contributed by atoms with E-state index in [0.29, 0.717) is 19.3 Å². The summed E-state index contributed by atoms with van der Waals surface area (Å²) >= 11 is 0. The van der Waals surface area contributed by atoms with Crippen molar-refractivity contribution in [3.8, 4) is 0 Å². The second-order valence-electron chi connectivity index (χ2n) is 7.46. The Morgan fingerprint density at radius 1 is 0.692 bits per heavy atom. The van der Waals surface area contributed by atoms with Crippen LogP contribution < -0.4 is 29.6 Å². The molecule has 0 rings (SSSR count). The van der Waals surface area contributed by atoms with Crippen molar-refractivity contribution in [3.05, 3.63) is 0 Å². The van der Waals surface area contributed by atoms with Crippen molar-refractivity contribution in [2.24, 2.45) is 0 Å². The molecule has 0 amide bonds. The van der Waals surface area contributed by atoms with Crippen molar-refractivity contribution in [1.29, 1.82) is 0 Å². The van der Waals surface area contributed by atoms with Crippen LogP contribution in [-0.4, -0.2) is 29.4 Å². The summed E-state index contributed by atoms with van der Waals surface area (Å²) in [5.41, 5.74) is 0. The van der Waals surface area contributed by atoms with Crippen molar-refractivity contribution in [2.75, 3.05) is 0 Å². The van der Waals surface area contributed by atoms with Crippen LogP contribution >= 0.6 is 0 Å². The minimum atomic E-state index is -4.19. The van der Waals surface area contributed by atoms with Crippen LogP contribution in [0.3, 0.4) is 0 Å². The van der Waals surface area contributed by atoms with Gasteiger partial charge in [-0.15, -0.1) is 0 Å². The molecular formula is C20H41NaO4S. The molecule has 0 aliphatic carbocycles. The van der Waals surface area contributed by atoms with Gasteiger partial charge < -0.3 is 9.66 Å². The molecule has 152 valence electrons. The SMILES string of the molecule is CCCCCCCCCC(O)CCCCC(CCCCC)S(=O)(=O)[O-].[Na+]. The zero-order valence-electron chi connectivity index (χ0n) is 17.5. The van der Waals surface area contributed by atoms with E-state index in [1.54, 1.807) is 0 Å². The Morgan fingerprint density at radius 2 is 1.04 bits per heavy atom. The molecule has 0 saturated carbocycles. The summed E-state index contributed by atoms with van der Waals surface area (Å²) in [6, 6.07) is 0. The molecule has 0 aliphatic heterocycles. The third kappa shape index (κ3) is 18.2. The van der Waals surface area contributed by atoms with Crippen LogP contribution in [0.25, 0.3) is 0 Å². The maximum Gasteiger partial charge on any atom is 1.00 e. The Bertz CT molecular complexity index is 387. The first kappa shape index (κ1) is 29.1.